The first-order valence-corrected chi connectivity index (χ1v) is 14.4. The lowest BCUT2D eigenvalue weighted by Gasteiger charge is -2.34. The summed E-state index contributed by atoms with van der Waals surface area (Å²) in [7, 11) is 2.08. The SMILES string of the molecule is CC1Sc2ccc([C@@H]3CC4CC4(C)C/C=C/[C@H](C)[C@H](O)[C@@H](C)C(=O)C(C)(C)[C@@H](O)CC(=O)O3)cc2N1C. The number of anilines is 1. The monoisotopic (exact) mass is 529 g/mol. The molecule has 2 N–H and O–H groups in total. The molecule has 0 bridgehead atoms. The quantitative estimate of drug-likeness (QED) is 0.366. The highest BCUT2D eigenvalue weighted by Crippen LogP contribution is 2.59. The number of rotatable bonds is 1. The summed E-state index contributed by atoms with van der Waals surface area (Å²) < 4.78 is 6.06. The number of carbonyl (C=O) groups excluding carboxylic acids is 2. The average molecular weight is 530 g/mol. The van der Waals surface area contributed by atoms with Crippen molar-refractivity contribution in [1.29, 1.82) is 0 Å². The number of hydrogen-bond acceptors (Lipinski definition) is 7. The van der Waals surface area contributed by atoms with Crippen molar-refractivity contribution in [3.8, 4) is 0 Å². The second kappa shape index (κ2) is 10.4. The number of Topliss-reactive ketones (excluding diaryl/α,β-unsaturated/α-hetero) is 1. The lowest BCUT2D eigenvalue weighted by Crippen LogP contribution is -2.45. The van der Waals surface area contributed by atoms with Gasteiger partial charge in [0, 0.05) is 23.8 Å². The second-order valence-corrected chi connectivity index (χ2v) is 13.8. The molecule has 8 atom stereocenters. The number of benzene rings is 1. The highest BCUT2D eigenvalue weighted by molar-refractivity contribution is 8.00. The third-order valence-electron chi connectivity index (χ3n) is 9.20. The molecule has 1 saturated carbocycles. The molecule has 3 aliphatic rings. The van der Waals surface area contributed by atoms with Crippen molar-refractivity contribution in [2.24, 2.45) is 28.6 Å². The van der Waals surface area contributed by atoms with E-state index in [2.05, 4.69) is 50.1 Å². The van der Waals surface area contributed by atoms with Crippen LogP contribution in [-0.4, -0.2) is 46.6 Å². The predicted molar refractivity (Wildman–Crippen MR) is 147 cm³/mol. The molecule has 2 aliphatic heterocycles. The van der Waals surface area contributed by atoms with Gasteiger partial charge in [-0.25, -0.2) is 0 Å². The molecule has 204 valence electrons. The summed E-state index contributed by atoms with van der Waals surface area (Å²) in [6, 6.07) is 6.31. The Morgan fingerprint density at radius 1 is 1.11 bits per heavy atom. The van der Waals surface area contributed by atoms with Gasteiger partial charge in [-0.05, 0) is 55.2 Å². The highest BCUT2D eigenvalue weighted by atomic mass is 32.2. The average Bonchev–Trinajstić information content (AvgIpc) is 3.39. The van der Waals surface area contributed by atoms with Crippen LogP contribution in [0.1, 0.15) is 78.9 Å². The fraction of sp³-hybridized carbons (Fsp3) is 0.667. The maximum absolute atomic E-state index is 13.3. The summed E-state index contributed by atoms with van der Waals surface area (Å²) >= 11 is 1.82. The van der Waals surface area contributed by atoms with Gasteiger partial charge in [-0.3, -0.25) is 9.59 Å². The molecule has 3 unspecified atom stereocenters. The number of cyclic esters (lactones) is 1. The van der Waals surface area contributed by atoms with Gasteiger partial charge in [0.05, 0.1) is 35.1 Å². The lowest BCUT2D eigenvalue weighted by molar-refractivity contribution is -0.156. The molecule has 0 amide bonds. The van der Waals surface area contributed by atoms with Crippen molar-refractivity contribution in [3.05, 3.63) is 35.9 Å². The fourth-order valence-electron chi connectivity index (χ4n) is 5.85. The number of aliphatic hydroxyl groups is 2. The molecule has 1 aromatic carbocycles. The smallest absolute Gasteiger partial charge is 0.309 e. The van der Waals surface area contributed by atoms with Crippen LogP contribution in [0.2, 0.25) is 0 Å². The number of allylic oxidation sites excluding steroid dienone is 1. The van der Waals surface area contributed by atoms with Crippen molar-refractivity contribution < 1.29 is 24.5 Å². The Labute approximate surface area is 225 Å². The van der Waals surface area contributed by atoms with Crippen molar-refractivity contribution in [2.45, 2.75) is 95.8 Å². The van der Waals surface area contributed by atoms with Gasteiger partial charge < -0.3 is 19.8 Å². The normalized spacial score (nSPS) is 39.5. The number of ketones is 1. The number of esters is 1. The molecule has 0 saturated heterocycles. The Bertz CT molecular complexity index is 1070. The van der Waals surface area contributed by atoms with E-state index in [9.17, 15) is 19.8 Å². The number of thioether (sulfide) groups is 1. The van der Waals surface area contributed by atoms with Crippen LogP contribution in [0.15, 0.2) is 35.2 Å². The zero-order valence-corrected chi connectivity index (χ0v) is 24.0. The second-order valence-electron chi connectivity index (χ2n) is 12.4. The number of aliphatic hydroxyl groups excluding tert-OH is 2. The van der Waals surface area contributed by atoms with Gasteiger partial charge in [0.2, 0.25) is 0 Å². The first-order chi connectivity index (χ1) is 17.2. The van der Waals surface area contributed by atoms with Crippen LogP contribution < -0.4 is 4.90 Å². The summed E-state index contributed by atoms with van der Waals surface area (Å²) in [6.45, 7) is 11.3. The zero-order valence-electron chi connectivity index (χ0n) is 23.2. The van der Waals surface area contributed by atoms with Crippen molar-refractivity contribution in [3.63, 3.8) is 0 Å². The van der Waals surface area contributed by atoms with Gasteiger partial charge in [0.1, 0.15) is 11.9 Å². The standard InChI is InChI=1S/C30H43NO5S/c1-17-9-8-12-30(6)16-21(30)14-23(20-10-11-24-22(13-20)31(7)19(3)37-24)36-26(33)15-25(32)29(4,5)28(35)18(2)27(17)34/h8-11,13,17-19,21,23,25,27,32,34H,12,14-16H2,1-7H3/b9-8+/t17-,18+,19?,21?,23-,25-,27-,30?/m0/s1. The Kier molecular flexibility index (Phi) is 7.91. The summed E-state index contributed by atoms with van der Waals surface area (Å²) in [5, 5.41) is 22.2. The molecule has 7 heteroatoms. The van der Waals surface area contributed by atoms with E-state index in [1.54, 1.807) is 20.8 Å². The topological polar surface area (TPSA) is 87.1 Å². The van der Waals surface area contributed by atoms with Crippen LogP contribution in [0, 0.1) is 28.6 Å². The number of nitrogens with zero attached hydrogens (tertiary/aromatic N) is 1. The van der Waals surface area contributed by atoms with E-state index < -0.39 is 35.6 Å². The number of fused-ring (bicyclic) bond motifs is 2. The number of ether oxygens (including phenoxy) is 1. The van der Waals surface area contributed by atoms with E-state index >= 15 is 0 Å². The van der Waals surface area contributed by atoms with Gasteiger partial charge in [-0.1, -0.05) is 64.6 Å². The molecule has 0 radical (unpaired) electrons. The molecular weight excluding hydrogens is 486 g/mol. The third kappa shape index (κ3) is 5.64. The molecule has 1 fully saturated rings. The van der Waals surface area contributed by atoms with E-state index in [1.807, 2.05) is 24.8 Å². The van der Waals surface area contributed by atoms with E-state index in [0.29, 0.717) is 11.3 Å². The maximum atomic E-state index is 13.3. The molecule has 0 spiro atoms. The van der Waals surface area contributed by atoms with Crippen molar-refractivity contribution in [2.75, 3.05) is 11.9 Å². The predicted octanol–water partition coefficient (Wildman–Crippen LogP) is 5.51. The first kappa shape index (κ1) is 28.2. The van der Waals surface area contributed by atoms with Crippen LogP contribution in [0.4, 0.5) is 5.69 Å². The summed E-state index contributed by atoms with van der Waals surface area (Å²) in [5.41, 5.74) is 1.03. The van der Waals surface area contributed by atoms with Crippen LogP contribution in [-0.2, 0) is 14.3 Å². The van der Waals surface area contributed by atoms with Crippen molar-refractivity contribution >= 4 is 29.2 Å². The Morgan fingerprint density at radius 3 is 2.51 bits per heavy atom. The highest BCUT2D eigenvalue weighted by Gasteiger charge is 2.50. The van der Waals surface area contributed by atoms with E-state index in [4.69, 9.17) is 4.74 Å². The van der Waals surface area contributed by atoms with Gasteiger partial charge >= 0.3 is 5.97 Å². The summed E-state index contributed by atoms with van der Waals surface area (Å²) in [5.74, 6) is -1.22. The van der Waals surface area contributed by atoms with Crippen molar-refractivity contribution in [1.82, 2.24) is 0 Å². The Hall–Kier alpha value is -1.83. The van der Waals surface area contributed by atoms with E-state index in [1.165, 1.54) is 4.90 Å². The van der Waals surface area contributed by atoms with E-state index in [-0.39, 0.29) is 23.5 Å². The molecule has 0 aromatic heterocycles. The third-order valence-corrected chi connectivity index (χ3v) is 10.5. The molecule has 6 nitrogen and oxygen atoms in total. The minimum Gasteiger partial charge on any atom is -0.457 e. The first-order valence-electron chi connectivity index (χ1n) is 13.5. The van der Waals surface area contributed by atoms with Crippen LogP contribution >= 0.6 is 11.8 Å². The van der Waals surface area contributed by atoms with Gasteiger partial charge in [-0.15, -0.1) is 0 Å². The minimum atomic E-state index is -1.21. The fourth-order valence-corrected chi connectivity index (χ4v) is 6.96. The van der Waals surface area contributed by atoms with Crippen LogP contribution in [0.3, 0.4) is 0 Å². The van der Waals surface area contributed by atoms with E-state index in [0.717, 1.165) is 30.5 Å². The molecule has 1 aliphatic carbocycles. The summed E-state index contributed by atoms with van der Waals surface area (Å²) in [6.07, 6.45) is 4.02. The zero-order chi connectivity index (χ0) is 27.3. The number of hydrogen-bond donors (Lipinski definition) is 2. The number of carbonyl (C=O) groups is 2. The summed E-state index contributed by atoms with van der Waals surface area (Å²) in [4.78, 5) is 29.9. The van der Waals surface area contributed by atoms with Gasteiger partial charge in [-0.2, -0.15) is 0 Å². The largest absolute Gasteiger partial charge is 0.457 e. The molecule has 1 aromatic rings. The molecule has 2 heterocycles. The van der Waals surface area contributed by atoms with Crippen LogP contribution in [0.25, 0.3) is 0 Å². The van der Waals surface area contributed by atoms with Crippen LogP contribution in [0.5, 0.6) is 0 Å². The van der Waals surface area contributed by atoms with Gasteiger partial charge in [0.15, 0.2) is 0 Å². The lowest BCUT2D eigenvalue weighted by atomic mass is 9.73. The molecule has 37 heavy (non-hydrogen) atoms. The molecule has 4 rings (SSSR count). The minimum absolute atomic E-state index is 0.115. The molecular formula is C30H43NO5S. The maximum Gasteiger partial charge on any atom is 0.309 e. The Balaban J connectivity index is 1.64. The Morgan fingerprint density at radius 2 is 1.81 bits per heavy atom. The van der Waals surface area contributed by atoms with Gasteiger partial charge in [0.25, 0.3) is 0 Å².